The molecule has 0 saturated carbocycles. The Labute approximate surface area is 116 Å². The molecule has 1 N–H and O–H groups in total. The third-order valence-electron chi connectivity index (χ3n) is 3.31. The number of pyridine rings is 1. The van der Waals surface area contributed by atoms with E-state index < -0.39 is 0 Å². The Bertz CT molecular complexity index is 579. The van der Waals surface area contributed by atoms with E-state index in [9.17, 15) is 0 Å². The van der Waals surface area contributed by atoms with Crippen molar-refractivity contribution in [2.75, 3.05) is 16.8 Å². The maximum absolute atomic E-state index is 6.39. The van der Waals surface area contributed by atoms with Crippen LogP contribution in [0.2, 0.25) is 5.02 Å². The van der Waals surface area contributed by atoms with Gasteiger partial charge in [-0.1, -0.05) is 11.6 Å². The molecule has 1 aliphatic heterocycles. The van der Waals surface area contributed by atoms with Crippen LogP contribution in [-0.4, -0.2) is 22.5 Å². The highest BCUT2D eigenvalue weighted by Gasteiger charge is 2.18. The number of rotatable bonds is 2. The average molecular weight is 279 g/mol. The quantitative estimate of drug-likeness (QED) is 0.895. The first kappa shape index (κ1) is 12.1. The molecule has 1 aliphatic rings. The lowest BCUT2D eigenvalue weighted by Gasteiger charge is -2.17. The van der Waals surface area contributed by atoms with Crippen molar-refractivity contribution in [1.29, 1.82) is 0 Å². The van der Waals surface area contributed by atoms with Crippen molar-refractivity contribution in [3.8, 4) is 0 Å². The fourth-order valence-corrected chi connectivity index (χ4v) is 3.85. The van der Waals surface area contributed by atoms with Gasteiger partial charge in [0.05, 0.1) is 16.2 Å². The molecule has 1 unspecified atom stereocenters. The molecule has 2 nitrogen and oxygen atoms in total. The van der Waals surface area contributed by atoms with Crippen LogP contribution in [0, 0.1) is 6.92 Å². The van der Waals surface area contributed by atoms with Gasteiger partial charge >= 0.3 is 0 Å². The third kappa shape index (κ3) is 2.17. The van der Waals surface area contributed by atoms with E-state index in [0.29, 0.717) is 6.04 Å². The maximum Gasteiger partial charge on any atom is 0.0752 e. The summed E-state index contributed by atoms with van der Waals surface area (Å²) in [6.07, 6.45) is 3.04. The third-order valence-corrected chi connectivity index (χ3v) is 4.77. The lowest BCUT2D eigenvalue weighted by Crippen LogP contribution is -2.18. The number of hydrogen-bond donors (Lipinski definition) is 1. The van der Waals surface area contributed by atoms with E-state index in [0.717, 1.165) is 32.9 Å². The molecule has 18 heavy (non-hydrogen) atoms. The Balaban J connectivity index is 2.09. The first-order chi connectivity index (χ1) is 8.75. The zero-order valence-corrected chi connectivity index (χ0v) is 11.8. The molecule has 2 aromatic rings. The van der Waals surface area contributed by atoms with E-state index in [2.05, 4.69) is 23.3 Å². The van der Waals surface area contributed by atoms with Crippen molar-refractivity contribution < 1.29 is 0 Å². The van der Waals surface area contributed by atoms with E-state index >= 15 is 0 Å². The van der Waals surface area contributed by atoms with Gasteiger partial charge in [0.15, 0.2) is 0 Å². The van der Waals surface area contributed by atoms with Crippen LogP contribution in [-0.2, 0) is 0 Å². The van der Waals surface area contributed by atoms with Gasteiger partial charge in [-0.15, -0.1) is 0 Å². The van der Waals surface area contributed by atoms with Crippen molar-refractivity contribution in [3.05, 3.63) is 35.0 Å². The molecule has 0 aliphatic carbocycles. The van der Waals surface area contributed by atoms with Gasteiger partial charge < -0.3 is 5.32 Å². The monoisotopic (exact) mass is 278 g/mol. The second kappa shape index (κ2) is 4.98. The van der Waals surface area contributed by atoms with Gasteiger partial charge in [-0.05, 0) is 42.9 Å². The molecular formula is C14H15ClN2S. The molecule has 1 aromatic carbocycles. The summed E-state index contributed by atoms with van der Waals surface area (Å²) in [4.78, 5) is 4.45. The SMILES string of the molecule is Cc1cc(Cl)c(NC2CCSC2)c2cccnc12. The van der Waals surface area contributed by atoms with E-state index in [1.165, 1.54) is 12.2 Å². The molecule has 1 fully saturated rings. The van der Waals surface area contributed by atoms with E-state index in [1.54, 1.807) is 0 Å². The largest absolute Gasteiger partial charge is 0.380 e. The summed E-state index contributed by atoms with van der Waals surface area (Å²) in [7, 11) is 0. The van der Waals surface area contributed by atoms with Crippen LogP contribution < -0.4 is 5.32 Å². The second-order valence-corrected chi connectivity index (χ2v) is 6.21. The number of aromatic nitrogens is 1. The molecule has 94 valence electrons. The zero-order chi connectivity index (χ0) is 12.5. The predicted molar refractivity (Wildman–Crippen MR) is 80.8 cm³/mol. The number of halogens is 1. The van der Waals surface area contributed by atoms with Crippen molar-refractivity contribution in [3.63, 3.8) is 0 Å². The normalized spacial score (nSPS) is 19.3. The Morgan fingerprint density at radius 3 is 3.17 bits per heavy atom. The van der Waals surface area contributed by atoms with Gasteiger partial charge in [0.1, 0.15) is 0 Å². The number of fused-ring (bicyclic) bond motifs is 1. The summed E-state index contributed by atoms with van der Waals surface area (Å²) >= 11 is 8.38. The van der Waals surface area contributed by atoms with Gasteiger partial charge in [-0.3, -0.25) is 4.98 Å². The summed E-state index contributed by atoms with van der Waals surface area (Å²) in [5, 5.41) is 5.51. The van der Waals surface area contributed by atoms with Gasteiger partial charge in [0, 0.05) is 23.4 Å². The highest BCUT2D eigenvalue weighted by Crippen LogP contribution is 2.34. The number of hydrogen-bond acceptors (Lipinski definition) is 3. The Morgan fingerprint density at radius 2 is 2.39 bits per heavy atom. The summed E-state index contributed by atoms with van der Waals surface area (Å²) in [6, 6.07) is 6.58. The Morgan fingerprint density at radius 1 is 1.50 bits per heavy atom. The standard InChI is InChI=1S/C14H15ClN2S/c1-9-7-12(15)14(17-10-4-6-18-8-10)11-3-2-5-16-13(9)11/h2-3,5,7,10,17H,4,6,8H2,1H3. The first-order valence-electron chi connectivity index (χ1n) is 6.14. The smallest absolute Gasteiger partial charge is 0.0752 e. The lowest BCUT2D eigenvalue weighted by molar-refractivity contribution is 0.814. The molecule has 0 bridgehead atoms. The molecule has 1 saturated heterocycles. The molecule has 0 radical (unpaired) electrons. The van der Waals surface area contributed by atoms with Crippen LogP contribution in [0.25, 0.3) is 10.9 Å². The molecule has 3 rings (SSSR count). The zero-order valence-electron chi connectivity index (χ0n) is 10.2. The predicted octanol–water partition coefficient (Wildman–Crippen LogP) is 4.11. The fourth-order valence-electron chi connectivity index (χ4n) is 2.38. The molecule has 0 amide bonds. The number of aryl methyl sites for hydroxylation is 1. The Hall–Kier alpha value is -0.930. The van der Waals surface area contributed by atoms with Crippen molar-refractivity contribution in [2.45, 2.75) is 19.4 Å². The fraction of sp³-hybridized carbons (Fsp3) is 0.357. The number of benzene rings is 1. The number of nitrogens with one attached hydrogen (secondary N) is 1. The molecular weight excluding hydrogens is 264 g/mol. The van der Waals surface area contributed by atoms with Crippen LogP contribution in [0.3, 0.4) is 0 Å². The molecule has 4 heteroatoms. The minimum absolute atomic E-state index is 0.526. The number of anilines is 1. The minimum Gasteiger partial charge on any atom is -0.380 e. The maximum atomic E-state index is 6.39. The topological polar surface area (TPSA) is 24.9 Å². The van der Waals surface area contributed by atoms with Gasteiger partial charge in [-0.2, -0.15) is 11.8 Å². The van der Waals surface area contributed by atoms with E-state index in [1.807, 2.05) is 30.1 Å². The summed E-state index contributed by atoms with van der Waals surface area (Å²) in [5.41, 5.74) is 3.20. The van der Waals surface area contributed by atoms with Crippen LogP contribution >= 0.6 is 23.4 Å². The van der Waals surface area contributed by atoms with Crippen LogP contribution in [0.4, 0.5) is 5.69 Å². The number of thioether (sulfide) groups is 1. The van der Waals surface area contributed by atoms with Crippen molar-refractivity contribution in [2.24, 2.45) is 0 Å². The summed E-state index contributed by atoms with van der Waals surface area (Å²) in [6.45, 7) is 2.05. The summed E-state index contributed by atoms with van der Waals surface area (Å²) < 4.78 is 0. The molecule has 1 aromatic heterocycles. The highest BCUT2D eigenvalue weighted by molar-refractivity contribution is 7.99. The van der Waals surface area contributed by atoms with Crippen molar-refractivity contribution in [1.82, 2.24) is 4.98 Å². The summed E-state index contributed by atoms with van der Waals surface area (Å²) in [5.74, 6) is 2.39. The Kier molecular flexibility index (Phi) is 3.35. The highest BCUT2D eigenvalue weighted by atomic mass is 35.5. The average Bonchev–Trinajstić information content (AvgIpc) is 2.87. The van der Waals surface area contributed by atoms with Crippen molar-refractivity contribution >= 4 is 40.0 Å². The second-order valence-electron chi connectivity index (χ2n) is 4.65. The first-order valence-corrected chi connectivity index (χ1v) is 7.67. The van der Waals surface area contributed by atoms with Crippen LogP contribution in [0.5, 0.6) is 0 Å². The minimum atomic E-state index is 0.526. The lowest BCUT2D eigenvalue weighted by atomic mass is 10.1. The van der Waals surface area contributed by atoms with Gasteiger partial charge in [0.25, 0.3) is 0 Å². The van der Waals surface area contributed by atoms with Crippen LogP contribution in [0.15, 0.2) is 24.4 Å². The molecule has 0 spiro atoms. The van der Waals surface area contributed by atoms with Crippen LogP contribution in [0.1, 0.15) is 12.0 Å². The van der Waals surface area contributed by atoms with Gasteiger partial charge in [0.2, 0.25) is 0 Å². The molecule has 2 heterocycles. The number of nitrogens with zero attached hydrogens (tertiary/aromatic N) is 1. The van der Waals surface area contributed by atoms with Gasteiger partial charge in [-0.25, -0.2) is 0 Å². The van der Waals surface area contributed by atoms with E-state index in [4.69, 9.17) is 11.6 Å². The van der Waals surface area contributed by atoms with E-state index in [-0.39, 0.29) is 0 Å². The molecule has 1 atom stereocenters.